The summed E-state index contributed by atoms with van der Waals surface area (Å²) in [5.41, 5.74) is 0.711. The maximum Gasteiger partial charge on any atom is 0.231 e. The molecule has 0 unspecified atom stereocenters. The van der Waals surface area contributed by atoms with Gasteiger partial charge in [0.2, 0.25) is 18.6 Å². The molecule has 0 aliphatic carbocycles. The van der Waals surface area contributed by atoms with Crippen molar-refractivity contribution in [2.75, 3.05) is 32.9 Å². The van der Waals surface area contributed by atoms with Crippen LogP contribution in [-0.2, 0) is 20.9 Å². The average Bonchev–Trinajstić information content (AvgIpc) is 3.60. The van der Waals surface area contributed by atoms with E-state index in [9.17, 15) is 9.59 Å². The number of likely N-dealkylation sites (tertiary alicyclic amines) is 1. The number of nitrogens with zero attached hydrogens (tertiary/aromatic N) is 1. The Morgan fingerprint density at radius 3 is 2.76 bits per heavy atom. The van der Waals surface area contributed by atoms with Crippen LogP contribution in [-0.4, -0.2) is 56.0 Å². The van der Waals surface area contributed by atoms with Crippen LogP contribution in [0, 0.1) is 11.8 Å². The van der Waals surface area contributed by atoms with Gasteiger partial charge in [0, 0.05) is 18.3 Å². The number of nitrogens with one attached hydrogen (secondary N) is 1. The molecule has 4 aliphatic rings. The molecule has 2 aromatic carbocycles. The molecule has 176 valence electrons. The SMILES string of the molecule is COc1ccc(NC(=O)[C@@H]2[C@H]3C(=O)N(Cc4ccc5c(c4)OCO5)C[C@]34C=C[C@H]2O4)cc1OC. The van der Waals surface area contributed by atoms with E-state index in [2.05, 4.69) is 5.32 Å². The van der Waals surface area contributed by atoms with Crippen molar-refractivity contribution in [3.8, 4) is 23.0 Å². The first-order valence-electron chi connectivity index (χ1n) is 11.1. The Balaban J connectivity index is 1.21. The van der Waals surface area contributed by atoms with Gasteiger partial charge in [0.15, 0.2) is 23.0 Å². The molecule has 34 heavy (non-hydrogen) atoms. The van der Waals surface area contributed by atoms with E-state index in [1.807, 2.05) is 30.4 Å². The molecule has 1 N–H and O–H groups in total. The van der Waals surface area contributed by atoms with E-state index in [-0.39, 0.29) is 18.6 Å². The van der Waals surface area contributed by atoms with Gasteiger partial charge < -0.3 is 33.9 Å². The second-order valence-electron chi connectivity index (χ2n) is 8.84. The molecule has 6 rings (SSSR count). The molecule has 9 nitrogen and oxygen atoms in total. The first-order valence-corrected chi connectivity index (χ1v) is 11.1. The molecular weight excluding hydrogens is 440 g/mol. The second-order valence-corrected chi connectivity index (χ2v) is 8.84. The molecule has 0 saturated carbocycles. The third kappa shape index (κ3) is 3.11. The molecule has 2 amide bonds. The molecule has 4 heterocycles. The number of amides is 2. The highest BCUT2D eigenvalue weighted by molar-refractivity contribution is 5.99. The van der Waals surface area contributed by atoms with Crippen molar-refractivity contribution in [2.24, 2.45) is 11.8 Å². The van der Waals surface area contributed by atoms with Gasteiger partial charge in [0.05, 0.1) is 38.7 Å². The van der Waals surface area contributed by atoms with Crippen molar-refractivity contribution in [3.05, 3.63) is 54.1 Å². The highest BCUT2D eigenvalue weighted by Crippen LogP contribution is 2.52. The van der Waals surface area contributed by atoms with Gasteiger partial charge in [-0.05, 0) is 29.8 Å². The van der Waals surface area contributed by atoms with E-state index < -0.39 is 23.5 Å². The van der Waals surface area contributed by atoms with Crippen molar-refractivity contribution in [1.29, 1.82) is 0 Å². The summed E-state index contributed by atoms with van der Waals surface area (Å²) in [6, 6.07) is 10.8. The van der Waals surface area contributed by atoms with Crippen molar-refractivity contribution in [3.63, 3.8) is 0 Å². The minimum absolute atomic E-state index is 0.0861. The molecule has 0 aromatic heterocycles. The van der Waals surface area contributed by atoms with Crippen LogP contribution in [0.2, 0.25) is 0 Å². The highest BCUT2D eigenvalue weighted by atomic mass is 16.7. The number of benzene rings is 2. The monoisotopic (exact) mass is 464 g/mol. The molecule has 4 atom stereocenters. The Bertz CT molecular complexity index is 1210. The summed E-state index contributed by atoms with van der Waals surface area (Å²) < 4.78 is 27.6. The smallest absolute Gasteiger partial charge is 0.231 e. The Kier molecular flexibility index (Phi) is 4.70. The van der Waals surface area contributed by atoms with Gasteiger partial charge in [-0.25, -0.2) is 0 Å². The highest BCUT2D eigenvalue weighted by Gasteiger charge is 2.66. The fourth-order valence-corrected chi connectivity index (χ4v) is 5.41. The van der Waals surface area contributed by atoms with E-state index in [0.29, 0.717) is 41.8 Å². The van der Waals surface area contributed by atoms with Crippen molar-refractivity contribution < 1.29 is 33.3 Å². The van der Waals surface area contributed by atoms with Gasteiger partial charge in [-0.3, -0.25) is 9.59 Å². The summed E-state index contributed by atoms with van der Waals surface area (Å²) in [5.74, 6) is 0.909. The average molecular weight is 464 g/mol. The summed E-state index contributed by atoms with van der Waals surface area (Å²) in [7, 11) is 3.09. The molecule has 9 heteroatoms. The first-order chi connectivity index (χ1) is 16.5. The number of methoxy groups -OCH3 is 2. The van der Waals surface area contributed by atoms with Gasteiger partial charge in [0.1, 0.15) is 5.60 Å². The number of hydrogen-bond donors (Lipinski definition) is 1. The van der Waals surface area contributed by atoms with E-state index in [1.54, 1.807) is 30.2 Å². The fraction of sp³-hybridized carbons (Fsp3) is 0.360. The molecule has 2 aromatic rings. The van der Waals surface area contributed by atoms with E-state index in [0.717, 1.165) is 5.56 Å². The lowest BCUT2D eigenvalue weighted by atomic mass is 9.77. The lowest BCUT2D eigenvalue weighted by molar-refractivity contribution is -0.136. The number of fused-ring (bicyclic) bond motifs is 2. The summed E-state index contributed by atoms with van der Waals surface area (Å²) >= 11 is 0. The van der Waals surface area contributed by atoms with Crippen molar-refractivity contribution >= 4 is 17.5 Å². The number of anilines is 1. The van der Waals surface area contributed by atoms with Crippen LogP contribution in [0.3, 0.4) is 0 Å². The van der Waals surface area contributed by atoms with E-state index >= 15 is 0 Å². The lowest BCUT2D eigenvalue weighted by Gasteiger charge is -2.23. The number of hydrogen-bond acceptors (Lipinski definition) is 7. The molecular formula is C25H24N2O7. The minimum Gasteiger partial charge on any atom is -0.493 e. The van der Waals surface area contributed by atoms with Crippen LogP contribution in [0.1, 0.15) is 5.56 Å². The zero-order valence-electron chi connectivity index (χ0n) is 18.8. The Morgan fingerprint density at radius 2 is 1.94 bits per heavy atom. The maximum atomic E-state index is 13.5. The molecule has 0 radical (unpaired) electrons. The third-order valence-corrected chi connectivity index (χ3v) is 6.94. The Hall–Kier alpha value is -3.72. The Labute approximate surface area is 196 Å². The quantitative estimate of drug-likeness (QED) is 0.656. The van der Waals surface area contributed by atoms with Crippen LogP contribution in [0.5, 0.6) is 23.0 Å². The van der Waals surface area contributed by atoms with Crippen molar-refractivity contribution in [1.82, 2.24) is 4.90 Å². The van der Waals surface area contributed by atoms with Crippen molar-refractivity contribution in [2.45, 2.75) is 18.2 Å². The van der Waals surface area contributed by atoms with Crippen LogP contribution < -0.4 is 24.3 Å². The second kappa shape index (κ2) is 7.66. The normalized spacial score (nSPS) is 27.8. The molecule has 2 bridgehead atoms. The van der Waals surface area contributed by atoms with E-state index in [1.165, 1.54) is 7.11 Å². The minimum atomic E-state index is -0.780. The number of carbonyl (C=O) groups is 2. The van der Waals surface area contributed by atoms with Crippen LogP contribution >= 0.6 is 0 Å². The standard InChI is InChI=1S/C25H24N2O7/c1-30-16-6-4-15(10-19(16)31-2)26-23(28)21-18-7-8-25(34-18)12-27(24(29)22(21)25)11-14-3-5-17-20(9-14)33-13-32-17/h3-10,18,21-22H,11-13H2,1-2H3,(H,26,28)/t18-,21+,22+,25-/m1/s1. The van der Waals surface area contributed by atoms with Gasteiger partial charge in [0.25, 0.3) is 0 Å². The topological polar surface area (TPSA) is 95.6 Å². The first kappa shape index (κ1) is 20.9. The number of rotatable bonds is 6. The molecule has 2 fully saturated rings. The predicted molar refractivity (Wildman–Crippen MR) is 120 cm³/mol. The molecule has 4 aliphatic heterocycles. The predicted octanol–water partition coefficient (Wildman–Crippen LogP) is 2.35. The summed E-state index contributed by atoms with van der Waals surface area (Å²) in [6.07, 6.45) is 3.41. The van der Waals surface area contributed by atoms with Gasteiger partial charge in [-0.15, -0.1) is 0 Å². The summed E-state index contributed by atoms with van der Waals surface area (Å²) in [4.78, 5) is 28.6. The zero-order chi connectivity index (χ0) is 23.4. The van der Waals surface area contributed by atoms with Crippen LogP contribution in [0.4, 0.5) is 5.69 Å². The van der Waals surface area contributed by atoms with E-state index in [4.69, 9.17) is 23.7 Å². The molecule has 1 spiro atoms. The maximum absolute atomic E-state index is 13.5. The summed E-state index contributed by atoms with van der Waals surface area (Å²) in [6.45, 7) is 1.00. The zero-order valence-corrected chi connectivity index (χ0v) is 18.8. The molecule has 2 saturated heterocycles. The number of carbonyl (C=O) groups excluding carboxylic acids is 2. The van der Waals surface area contributed by atoms with Crippen LogP contribution in [0.25, 0.3) is 0 Å². The van der Waals surface area contributed by atoms with Gasteiger partial charge >= 0.3 is 0 Å². The van der Waals surface area contributed by atoms with Crippen LogP contribution in [0.15, 0.2) is 48.6 Å². The fourth-order valence-electron chi connectivity index (χ4n) is 5.41. The lowest BCUT2D eigenvalue weighted by Crippen LogP contribution is -2.41. The Morgan fingerprint density at radius 1 is 1.12 bits per heavy atom. The summed E-state index contributed by atoms with van der Waals surface area (Å²) in [5, 5.41) is 2.93. The van der Waals surface area contributed by atoms with Gasteiger partial charge in [-0.2, -0.15) is 0 Å². The number of ether oxygens (including phenoxy) is 5. The largest absolute Gasteiger partial charge is 0.493 e. The van der Waals surface area contributed by atoms with Gasteiger partial charge in [-0.1, -0.05) is 18.2 Å². The third-order valence-electron chi connectivity index (χ3n) is 6.94.